The molecule has 3 N–H and O–H groups in total. The average Bonchev–Trinajstić information content (AvgIpc) is 2.64. The minimum absolute atomic E-state index is 0.0704. The molecule has 0 unspecified atom stereocenters. The summed E-state index contributed by atoms with van der Waals surface area (Å²) in [6.07, 6.45) is 2.56. The van der Waals surface area contributed by atoms with Crippen LogP contribution in [0.1, 0.15) is 22.5 Å². The zero-order valence-electron chi connectivity index (χ0n) is 14.1. The van der Waals surface area contributed by atoms with Gasteiger partial charge in [-0.3, -0.25) is 14.8 Å². The first kappa shape index (κ1) is 18.9. The lowest BCUT2D eigenvalue weighted by Gasteiger charge is -2.12. The van der Waals surface area contributed by atoms with Crippen molar-refractivity contribution in [3.8, 4) is 0 Å². The van der Waals surface area contributed by atoms with Gasteiger partial charge in [0.2, 0.25) is 0 Å². The second-order valence-corrected chi connectivity index (χ2v) is 6.21. The predicted molar refractivity (Wildman–Crippen MR) is 104 cm³/mol. The molecule has 6 nitrogen and oxygen atoms in total. The number of nitrogens with one attached hydrogen (secondary N) is 3. The van der Waals surface area contributed by atoms with E-state index in [9.17, 15) is 4.79 Å². The Kier molecular flexibility index (Phi) is 7.91. The first-order valence-corrected chi connectivity index (χ1v) is 8.86. The van der Waals surface area contributed by atoms with Gasteiger partial charge >= 0.3 is 0 Å². The van der Waals surface area contributed by atoms with E-state index in [1.165, 1.54) is 0 Å². The Bertz CT molecular complexity index is 706. The lowest BCUT2D eigenvalue weighted by atomic mass is 10.2. The highest BCUT2D eigenvalue weighted by Crippen LogP contribution is 2.11. The van der Waals surface area contributed by atoms with Crippen molar-refractivity contribution in [2.24, 2.45) is 4.99 Å². The Hall–Kier alpha value is -2.41. The van der Waals surface area contributed by atoms with E-state index in [-0.39, 0.29) is 5.91 Å². The molecule has 0 aliphatic carbocycles. The van der Waals surface area contributed by atoms with E-state index in [2.05, 4.69) is 41.9 Å². The van der Waals surface area contributed by atoms with Crippen LogP contribution in [0.3, 0.4) is 0 Å². The van der Waals surface area contributed by atoms with Crippen molar-refractivity contribution in [3.63, 3.8) is 0 Å². The molecule has 132 valence electrons. The highest BCUT2D eigenvalue weighted by molar-refractivity contribution is 9.10. The molecule has 1 heterocycles. The van der Waals surface area contributed by atoms with Crippen molar-refractivity contribution in [2.45, 2.75) is 13.0 Å². The molecule has 0 saturated heterocycles. The van der Waals surface area contributed by atoms with Gasteiger partial charge in [0, 0.05) is 36.4 Å². The summed E-state index contributed by atoms with van der Waals surface area (Å²) < 4.78 is 0.893. The van der Waals surface area contributed by atoms with Crippen LogP contribution < -0.4 is 16.0 Å². The summed E-state index contributed by atoms with van der Waals surface area (Å²) in [6.45, 7) is 1.91. The summed E-state index contributed by atoms with van der Waals surface area (Å²) in [6, 6.07) is 13.1. The summed E-state index contributed by atoms with van der Waals surface area (Å²) in [4.78, 5) is 20.4. The maximum Gasteiger partial charge on any atom is 0.251 e. The molecule has 1 amide bonds. The number of amides is 1. The number of pyridine rings is 1. The Balaban J connectivity index is 1.63. The van der Waals surface area contributed by atoms with E-state index in [0.717, 1.165) is 16.6 Å². The van der Waals surface area contributed by atoms with Crippen LogP contribution in [-0.2, 0) is 6.54 Å². The Labute approximate surface area is 156 Å². The Morgan fingerprint density at radius 2 is 1.96 bits per heavy atom. The van der Waals surface area contributed by atoms with Crippen LogP contribution in [0.15, 0.2) is 58.1 Å². The van der Waals surface area contributed by atoms with Crippen LogP contribution in [-0.4, -0.2) is 37.0 Å². The van der Waals surface area contributed by atoms with Crippen LogP contribution in [0.4, 0.5) is 0 Å². The largest absolute Gasteiger partial charge is 0.356 e. The van der Waals surface area contributed by atoms with Gasteiger partial charge in [0.05, 0.1) is 12.2 Å². The lowest BCUT2D eigenvalue weighted by molar-refractivity contribution is 0.0953. The van der Waals surface area contributed by atoms with Crippen LogP contribution in [0.25, 0.3) is 0 Å². The molecule has 7 heteroatoms. The third-order valence-corrected chi connectivity index (χ3v) is 3.90. The van der Waals surface area contributed by atoms with Crippen molar-refractivity contribution in [1.29, 1.82) is 0 Å². The number of halogens is 1. The van der Waals surface area contributed by atoms with E-state index in [0.29, 0.717) is 31.2 Å². The number of guanidine groups is 1. The van der Waals surface area contributed by atoms with Gasteiger partial charge in [-0.1, -0.05) is 28.1 Å². The molecule has 2 rings (SSSR count). The maximum absolute atomic E-state index is 12.0. The number of aromatic nitrogens is 1. The van der Waals surface area contributed by atoms with Gasteiger partial charge in [0.1, 0.15) is 0 Å². The number of nitrogens with zero attached hydrogens (tertiary/aromatic N) is 2. The summed E-state index contributed by atoms with van der Waals surface area (Å²) in [5, 5.41) is 9.32. The zero-order valence-corrected chi connectivity index (χ0v) is 15.7. The van der Waals surface area contributed by atoms with Crippen LogP contribution in [0.5, 0.6) is 0 Å². The van der Waals surface area contributed by atoms with E-state index >= 15 is 0 Å². The average molecular weight is 404 g/mol. The maximum atomic E-state index is 12.0. The first-order valence-electron chi connectivity index (χ1n) is 8.07. The SMILES string of the molecule is CN=C(NCCCNC(=O)c1cccc(Br)c1)NCc1ccccn1. The van der Waals surface area contributed by atoms with Crippen molar-refractivity contribution in [3.05, 3.63) is 64.4 Å². The first-order chi connectivity index (χ1) is 12.2. The second kappa shape index (κ2) is 10.5. The normalized spacial score (nSPS) is 11.0. The van der Waals surface area contributed by atoms with Gasteiger partial charge in [-0.25, -0.2) is 0 Å². The molecule has 0 aliphatic rings. The summed E-state index contributed by atoms with van der Waals surface area (Å²) in [7, 11) is 1.72. The molecule has 0 saturated carbocycles. The molecule has 0 bridgehead atoms. The van der Waals surface area contributed by atoms with Gasteiger partial charge in [-0.05, 0) is 36.8 Å². The van der Waals surface area contributed by atoms with E-state index in [1.54, 1.807) is 25.4 Å². The lowest BCUT2D eigenvalue weighted by Crippen LogP contribution is -2.38. The number of aliphatic imine (C=N–C) groups is 1. The standard InChI is InChI=1S/C18H22BrN5O/c1-20-18(24-13-16-8-2-3-9-21-16)23-11-5-10-22-17(25)14-6-4-7-15(19)12-14/h2-4,6-9,12H,5,10-11,13H2,1H3,(H,22,25)(H2,20,23,24). The van der Waals surface area contributed by atoms with Crippen molar-refractivity contribution in [1.82, 2.24) is 20.9 Å². The molecular weight excluding hydrogens is 382 g/mol. The van der Waals surface area contributed by atoms with Crippen LogP contribution >= 0.6 is 15.9 Å². The molecule has 1 aromatic carbocycles. The van der Waals surface area contributed by atoms with Gasteiger partial charge in [-0.15, -0.1) is 0 Å². The van der Waals surface area contributed by atoms with Gasteiger partial charge in [-0.2, -0.15) is 0 Å². The van der Waals surface area contributed by atoms with Crippen molar-refractivity contribution < 1.29 is 4.79 Å². The third-order valence-electron chi connectivity index (χ3n) is 3.41. The van der Waals surface area contributed by atoms with Gasteiger partial charge < -0.3 is 16.0 Å². The number of hydrogen-bond acceptors (Lipinski definition) is 3. The van der Waals surface area contributed by atoms with Crippen LogP contribution in [0, 0.1) is 0 Å². The predicted octanol–water partition coefficient (Wildman–Crippen LogP) is 2.33. The Morgan fingerprint density at radius 1 is 1.12 bits per heavy atom. The highest BCUT2D eigenvalue weighted by atomic mass is 79.9. The third kappa shape index (κ3) is 6.93. The smallest absolute Gasteiger partial charge is 0.251 e. The molecule has 1 aromatic heterocycles. The minimum Gasteiger partial charge on any atom is -0.356 e. The fourth-order valence-electron chi connectivity index (χ4n) is 2.13. The number of carbonyl (C=O) groups excluding carboxylic acids is 1. The minimum atomic E-state index is -0.0704. The number of hydrogen-bond donors (Lipinski definition) is 3. The fourth-order valence-corrected chi connectivity index (χ4v) is 2.53. The second-order valence-electron chi connectivity index (χ2n) is 5.29. The molecule has 0 aliphatic heterocycles. The summed E-state index contributed by atoms with van der Waals surface area (Å²) in [5.74, 6) is 0.642. The number of benzene rings is 1. The highest BCUT2D eigenvalue weighted by Gasteiger charge is 2.04. The van der Waals surface area contributed by atoms with Crippen molar-refractivity contribution in [2.75, 3.05) is 20.1 Å². The summed E-state index contributed by atoms with van der Waals surface area (Å²) in [5.41, 5.74) is 1.60. The van der Waals surface area contributed by atoms with Crippen LogP contribution in [0.2, 0.25) is 0 Å². The van der Waals surface area contributed by atoms with E-state index in [1.807, 2.05) is 30.3 Å². The molecular formula is C18H22BrN5O. The molecule has 2 aromatic rings. The number of rotatable bonds is 7. The quantitative estimate of drug-likeness (QED) is 0.376. The molecule has 0 radical (unpaired) electrons. The molecule has 0 spiro atoms. The molecule has 0 atom stereocenters. The molecule has 25 heavy (non-hydrogen) atoms. The van der Waals surface area contributed by atoms with E-state index < -0.39 is 0 Å². The number of carbonyl (C=O) groups is 1. The summed E-state index contributed by atoms with van der Waals surface area (Å²) >= 11 is 3.36. The Morgan fingerprint density at radius 3 is 2.68 bits per heavy atom. The molecule has 0 fully saturated rings. The topological polar surface area (TPSA) is 78.4 Å². The monoisotopic (exact) mass is 403 g/mol. The fraction of sp³-hybridized carbons (Fsp3) is 0.278. The van der Waals surface area contributed by atoms with E-state index in [4.69, 9.17) is 0 Å². The van der Waals surface area contributed by atoms with Crippen molar-refractivity contribution >= 4 is 27.8 Å². The van der Waals surface area contributed by atoms with Gasteiger partial charge in [0.15, 0.2) is 5.96 Å². The zero-order chi connectivity index (χ0) is 17.9. The van der Waals surface area contributed by atoms with Gasteiger partial charge in [0.25, 0.3) is 5.91 Å².